The van der Waals surface area contributed by atoms with E-state index in [1.165, 1.54) is 4.68 Å². The van der Waals surface area contributed by atoms with E-state index in [2.05, 4.69) is 38.1 Å². The number of hydrogen-bond acceptors (Lipinski definition) is 3. The maximum Gasteiger partial charge on any atom is 0.164 e. The van der Waals surface area contributed by atoms with Crippen molar-refractivity contribution < 1.29 is 5.11 Å². The molecule has 1 aromatic rings. The van der Waals surface area contributed by atoms with Gasteiger partial charge in [0.25, 0.3) is 0 Å². The van der Waals surface area contributed by atoms with Gasteiger partial charge in [-0.05, 0) is 21.9 Å². The van der Waals surface area contributed by atoms with Gasteiger partial charge in [0.2, 0.25) is 0 Å². The van der Waals surface area contributed by atoms with Crippen molar-refractivity contribution in [2.75, 3.05) is 6.61 Å². The lowest BCUT2D eigenvalue weighted by atomic mass is 10.4. The van der Waals surface area contributed by atoms with E-state index in [9.17, 15) is 0 Å². The van der Waals surface area contributed by atoms with Gasteiger partial charge in [0.05, 0.1) is 0 Å². The minimum Gasteiger partial charge on any atom is -0.384 e. The van der Waals surface area contributed by atoms with Crippen LogP contribution in [0.5, 0.6) is 0 Å². The zero-order valence-corrected chi connectivity index (χ0v) is 7.46. The lowest BCUT2D eigenvalue weighted by molar-refractivity contribution is 0.350. The van der Waals surface area contributed by atoms with Crippen LogP contribution in [0.3, 0.4) is 0 Å². The van der Waals surface area contributed by atoms with Crippen molar-refractivity contribution >= 4 is 15.9 Å². The predicted octanol–water partition coefficient (Wildman–Crippen LogP) is -0.0786. The van der Waals surface area contributed by atoms with Crippen LogP contribution in [0.25, 0.3) is 0 Å². The van der Waals surface area contributed by atoms with E-state index in [4.69, 9.17) is 5.11 Å². The zero-order chi connectivity index (χ0) is 8.27. The SMILES string of the molecule is Cn1nnc(Br)c1C#CCO. The van der Waals surface area contributed by atoms with Crippen molar-refractivity contribution in [2.45, 2.75) is 0 Å². The Hall–Kier alpha value is -0.860. The topological polar surface area (TPSA) is 50.9 Å². The number of nitrogens with zero attached hydrogens (tertiary/aromatic N) is 3. The third-order valence-electron chi connectivity index (χ3n) is 1.07. The van der Waals surface area contributed by atoms with E-state index in [-0.39, 0.29) is 6.61 Å². The Balaban J connectivity index is 3.01. The van der Waals surface area contributed by atoms with Crippen LogP contribution >= 0.6 is 15.9 Å². The normalized spacial score (nSPS) is 9.00. The summed E-state index contributed by atoms with van der Waals surface area (Å²) < 4.78 is 2.13. The molecule has 0 aromatic carbocycles. The van der Waals surface area contributed by atoms with Crippen LogP contribution in [0.2, 0.25) is 0 Å². The van der Waals surface area contributed by atoms with Crippen LogP contribution in [-0.4, -0.2) is 26.7 Å². The van der Waals surface area contributed by atoms with Crippen molar-refractivity contribution in [2.24, 2.45) is 7.05 Å². The van der Waals surface area contributed by atoms with Gasteiger partial charge in [-0.15, -0.1) is 5.10 Å². The number of rotatable bonds is 0. The molecule has 11 heavy (non-hydrogen) atoms. The van der Waals surface area contributed by atoms with Gasteiger partial charge in [0, 0.05) is 7.05 Å². The van der Waals surface area contributed by atoms with Gasteiger partial charge in [-0.3, -0.25) is 0 Å². The van der Waals surface area contributed by atoms with E-state index in [1.807, 2.05) is 0 Å². The summed E-state index contributed by atoms with van der Waals surface area (Å²) in [5.74, 6) is 5.21. The van der Waals surface area contributed by atoms with Crippen molar-refractivity contribution in [3.63, 3.8) is 0 Å². The molecule has 0 aliphatic rings. The minimum absolute atomic E-state index is 0.155. The highest BCUT2D eigenvalue weighted by molar-refractivity contribution is 9.10. The van der Waals surface area contributed by atoms with Gasteiger partial charge >= 0.3 is 0 Å². The highest BCUT2D eigenvalue weighted by Gasteiger charge is 2.02. The van der Waals surface area contributed by atoms with E-state index in [1.54, 1.807) is 7.05 Å². The van der Waals surface area contributed by atoms with Crippen molar-refractivity contribution in [3.8, 4) is 11.8 Å². The fourth-order valence-electron chi connectivity index (χ4n) is 0.588. The van der Waals surface area contributed by atoms with Crippen LogP contribution in [0, 0.1) is 11.8 Å². The zero-order valence-electron chi connectivity index (χ0n) is 5.87. The van der Waals surface area contributed by atoms with E-state index < -0.39 is 0 Å². The van der Waals surface area contributed by atoms with Crippen LogP contribution in [0.15, 0.2) is 4.60 Å². The lowest BCUT2D eigenvalue weighted by Crippen LogP contribution is -1.94. The molecule has 0 spiro atoms. The summed E-state index contributed by atoms with van der Waals surface area (Å²) >= 11 is 3.17. The molecule has 0 bridgehead atoms. The third kappa shape index (κ3) is 1.79. The largest absolute Gasteiger partial charge is 0.384 e. The second kappa shape index (κ2) is 3.51. The molecule has 1 heterocycles. The number of halogens is 1. The summed E-state index contributed by atoms with van der Waals surface area (Å²) in [4.78, 5) is 0. The van der Waals surface area contributed by atoms with Crippen LogP contribution in [0.4, 0.5) is 0 Å². The Morgan fingerprint density at radius 2 is 2.45 bits per heavy atom. The first-order chi connectivity index (χ1) is 5.25. The Morgan fingerprint density at radius 3 is 2.91 bits per heavy atom. The summed E-state index contributed by atoms with van der Waals surface area (Å²) in [7, 11) is 1.74. The molecule has 0 radical (unpaired) electrons. The first kappa shape index (κ1) is 8.24. The monoisotopic (exact) mass is 215 g/mol. The van der Waals surface area contributed by atoms with Crippen LogP contribution in [-0.2, 0) is 7.05 Å². The molecule has 0 saturated heterocycles. The van der Waals surface area contributed by atoms with Crippen LogP contribution < -0.4 is 0 Å². The van der Waals surface area contributed by atoms with Gasteiger partial charge in [-0.25, -0.2) is 4.68 Å². The van der Waals surface area contributed by atoms with Crippen LogP contribution in [0.1, 0.15) is 5.69 Å². The number of aliphatic hydroxyl groups excluding tert-OH is 1. The molecule has 5 heteroatoms. The molecule has 0 saturated carbocycles. The first-order valence-corrected chi connectivity index (χ1v) is 3.70. The molecule has 0 amide bonds. The molecule has 0 unspecified atom stereocenters. The number of aliphatic hydroxyl groups is 1. The summed E-state index contributed by atoms with van der Waals surface area (Å²) in [6.07, 6.45) is 0. The molecule has 1 rings (SSSR count). The summed E-state index contributed by atoms with van der Waals surface area (Å²) in [5.41, 5.74) is 0.666. The van der Waals surface area contributed by atoms with Crippen molar-refractivity contribution in [1.29, 1.82) is 0 Å². The molecule has 1 aromatic heterocycles. The molecule has 0 aliphatic heterocycles. The lowest BCUT2D eigenvalue weighted by Gasteiger charge is -1.87. The standard InChI is InChI=1S/C6H6BrN3O/c1-10-5(3-2-4-11)6(7)8-9-10/h11H,4H2,1H3. The molecular formula is C6H6BrN3O. The Bertz CT molecular complexity index is 290. The molecule has 1 N–H and O–H groups in total. The quantitative estimate of drug-likeness (QED) is 0.617. The van der Waals surface area contributed by atoms with E-state index in [0.717, 1.165) is 0 Å². The number of aryl methyl sites for hydroxylation is 1. The minimum atomic E-state index is -0.155. The van der Waals surface area contributed by atoms with E-state index >= 15 is 0 Å². The highest BCUT2D eigenvalue weighted by atomic mass is 79.9. The Kier molecular flexibility index (Phi) is 2.63. The molecule has 0 aliphatic carbocycles. The maximum atomic E-state index is 8.41. The van der Waals surface area contributed by atoms with Gasteiger partial charge in [-0.1, -0.05) is 11.1 Å². The fraction of sp³-hybridized carbons (Fsp3) is 0.333. The molecular weight excluding hydrogens is 210 g/mol. The molecule has 0 atom stereocenters. The number of aromatic nitrogens is 3. The second-order valence-electron chi connectivity index (χ2n) is 1.81. The second-order valence-corrected chi connectivity index (χ2v) is 2.56. The fourth-order valence-corrected chi connectivity index (χ4v) is 1.01. The summed E-state index contributed by atoms with van der Waals surface area (Å²) in [6.45, 7) is -0.155. The van der Waals surface area contributed by atoms with Gasteiger partial charge in [0.1, 0.15) is 12.3 Å². The molecule has 58 valence electrons. The third-order valence-corrected chi connectivity index (χ3v) is 1.61. The number of hydrogen-bond donors (Lipinski definition) is 1. The smallest absolute Gasteiger partial charge is 0.164 e. The van der Waals surface area contributed by atoms with Gasteiger partial charge < -0.3 is 5.11 Å². The average Bonchev–Trinajstić information content (AvgIpc) is 2.29. The maximum absolute atomic E-state index is 8.41. The average molecular weight is 216 g/mol. The predicted molar refractivity (Wildman–Crippen MR) is 42.7 cm³/mol. The first-order valence-electron chi connectivity index (χ1n) is 2.90. The molecule has 4 nitrogen and oxygen atoms in total. The van der Waals surface area contributed by atoms with E-state index in [0.29, 0.717) is 10.3 Å². The Morgan fingerprint density at radius 1 is 1.73 bits per heavy atom. The molecule has 0 fully saturated rings. The highest BCUT2D eigenvalue weighted by Crippen LogP contribution is 2.09. The van der Waals surface area contributed by atoms with Gasteiger partial charge in [0.15, 0.2) is 4.60 Å². The summed E-state index contributed by atoms with van der Waals surface area (Å²) in [6, 6.07) is 0. The van der Waals surface area contributed by atoms with Crippen molar-refractivity contribution in [3.05, 3.63) is 10.3 Å². The Labute approximate surface area is 72.3 Å². The van der Waals surface area contributed by atoms with Gasteiger partial charge in [-0.2, -0.15) is 0 Å². The van der Waals surface area contributed by atoms with Crippen molar-refractivity contribution in [1.82, 2.24) is 15.0 Å². The summed E-state index contributed by atoms with van der Waals surface area (Å²) in [5, 5.41) is 15.8.